The van der Waals surface area contributed by atoms with Crippen molar-refractivity contribution in [3.8, 4) is 5.75 Å². The van der Waals surface area contributed by atoms with E-state index >= 15 is 0 Å². The summed E-state index contributed by atoms with van der Waals surface area (Å²) in [4.78, 5) is 47.6. The average Bonchev–Trinajstić information content (AvgIpc) is 2.90. The number of rotatable bonds is 7. The Balaban J connectivity index is 1.56. The maximum absolute atomic E-state index is 12.4. The Kier molecular flexibility index (Phi) is 5.55. The highest BCUT2D eigenvalue weighted by atomic mass is 35.5. The van der Waals surface area contributed by atoms with Crippen LogP contribution >= 0.6 is 11.6 Å². The van der Waals surface area contributed by atoms with E-state index in [1.807, 2.05) is 0 Å². The van der Waals surface area contributed by atoms with E-state index in [0.29, 0.717) is 15.7 Å². The lowest BCUT2D eigenvalue weighted by atomic mass is 10.1. The van der Waals surface area contributed by atoms with Gasteiger partial charge in [0.2, 0.25) is 0 Å². The predicted octanol–water partition coefficient (Wildman–Crippen LogP) is 2.47. The highest BCUT2D eigenvalue weighted by Gasteiger charge is 2.41. The summed E-state index contributed by atoms with van der Waals surface area (Å²) in [6.07, 6.45) is 0. The van der Waals surface area contributed by atoms with Gasteiger partial charge in [0.1, 0.15) is 31.1 Å². The molecular weight excluding hydrogens is 392 g/mol. The standard InChI is InChI=1S/C18H13ClN2O7/c19-11-3-1-4-12(9-11)27-7-8-28-15(22)10-20-17(23)13-5-2-6-14(21(25)26)16(13)18(20)24/h1-6,9H,7-8,10H2. The van der Waals surface area contributed by atoms with Crippen molar-refractivity contribution in [2.75, 3.05) is 19.8 Å². The van der Waals surface area contributed by atoms with Gasteiger partial charge in [-0.3, -0.25) is 29.4 Å². The summed E-state index contributed by atoms with van der Waals surface area (Å²) in [5, 5.41) is 11.6. The highest BCUT2D eigenvalue weighted by molar-refractivity contribution is 6.30. The molecule has 28 heavy (non-hydrogen) atoms. The highest BCUT2D eigenvalue weighted by Crippen LogP contribution is 2.30. The first kappa shape index (κ1) is 19.3. The Morgan fingerprint density at radius 1 is 1.11 bits per heavy atom. The minimum Gasteiger partial charge on any atom is -0.490 e. The SMILES string of the molecule is O=C(CN1C(=O)c2cccc([N+](=O)[O-])c2C1=O)OCCOc1cccc(Cl)c1. The molecule has 0 N–H and O–H groups in total. The lowest BCUT2D eigenvalue weighted by molar-refractivity contribution is -0.385. The second-order valence-electron chi connectivity index (χ2n) is 5.68. The summed E-state index contributed by atoms with van der Waals surface area (Å²) in [5.41, 5.74) is -0.924. The van der Waals surface area contributed by atoms with Crippen LogP contribution in [0.1, 0.15) is 20.7 Å². The van der Waals surface area contributed by atoms with E-state index in [4.69, 9.17) is 21.1 Å². The van der Waals surface area contributed by atoms with Crippen LogP contribution in [-0.4, -0.2) is 47.4 Å². The Labute approximate surface area is 163 Å². The van der Waals surface area contributed by atoms with Gasteiger partial charge in [0.05, 0.1) is 10.5 Å². The molecule has 0 saturated heterocycles. The second-order valence-corrected chi connectivity index (χ2v) is 6.12. The van der Waals surface area contributed by atoms with Gasteiger partial charge in [0.15, 0.2) is 0 Å². The number of nitrogens with zero attached hydrogens (tertiary/aromatic N) is 2. The molecule has 1 aliphatic heterocycles. The summed E-state index contributed by atoms with van der Waals surface area (Å²) in [6, 6.07) is 10.4. The third-order valence-electron chi connectivity index (χ3n) is 3.87. The van der Waals surface area contributed by atoms with Gasteiger partial charge in [-0.15, -0.1) is 0 Å². The van der Waals surface area contributed by atoms with Crippen molar-refractivity contribution in [3.63, 3.8) is 0 Å². The summed E-state index contributed by atoms with van der Waals surface area (Å²) in [5.74, 6) is -2.03. The summed E-state index contributed by atoms with van der Waals surface area (Å²) in [7, 11) is 0. The van der Waals surface area contributed by atoms with Gasteiger partial charge in [-0.1, -0.05) is 23.7 Å². The number of benzene rings is 2. The Bertz CT molecular complexity index is 976. The smallest absolute Gasteiger partial charge is 0.326 e. The fraction of sp³-hybridized carbons (Fsp3) is 0.167. The first-order valence-electron chi connectivity index (χ1n) is 8.06. The number of carbonyl (C=O) groups is 3. The quantitative estimate of drug-likeness (QED) is 0.229. The van der Waals surface area contributed by atoms with Crippen LogP contribution in [0.25, 0.3) is 0 Å². The normalized spacial score (nSPS) is 12.7. The Morgan fingerprint density at radius 3 is 2.57 bits per heavy atom. The molecule has 0 fully saturated rings. The van der Waals surface area contributed by atoms with E-state index in [0.717, 1.165) is 6.07 Å². The van der Waals surface area contributed by atoms with E-state index in [9.17, 15) is 24.5 Å². The van der Waals surface area contributed by atoms with Crippen molar-refractivity contribution in [3.05, 3.63) is 68.7 Å². The molecule has 2 aromatic carbocycles. The van der Waals surface area contributed by atoms with Crippen molar-refractivity contribution in [2.45, 2.75) is 0 Å². The van der Waals surface area contributed by atoms with Crippen LogP contribution in [0.4, 0.5) is 5.69 Å². The molecule has 144 valence electrons. The molecule has 1 heterocycles. The van der Waals surface area contributed by atoms with Crippen LogP contribution in [-0.2, 0) is 9.53 Å². The largest absolute Gasteiger partial charge is 0.490 e. The van der Waals surface area contributed by atoms with Crippen molar-refractivity contribution in [1.82, 2.24) is 4.90 Å². The molecule has 9 nitrogen and oxygen atoms in total. The molecular formula is C18H13ClN2O7. The van der Waals surface area contributed by atoms with Gasteiger partial charge in [-0.2, -0.15) is 0 Å². The number of hydrogen-bond acceptors (Lipinski definition) is 7. The maximum Gasteiger partial charge on any atom is 0.326 e. The zero-order valence-electron chi connectivity index (χ0n) is 14.3. The number of imide groups is 1. The topological polar surface area (TPSA) is 116 Å². The predicted molar refractivity (Wildman–Crippen MR) is 96.4 cm³/mol. The zero-order chi connectivity index (χ0) is 20.3. The molecule has 10 heteroatoms. The van der Waals surface area contributed by atoms with Crippen molar-refractivity contribution >= 4 is 35.1 Å². The van der Waals surface area contributed by atoms with Crippen LogP contribution in [0.5, 0.6) is 5.75 Å². The number of halogens is 1. The monoisotopic (exact) mass is 404 g/mol. The van der Waals surface area contributed by atoms with Crippen molar-refractivity contribution in [1.29, 1.82) is 0 Å². The number of amides is 2. The third kappa shape index (κ3) is 3.94. The van der Waals surface area contributed by atoms with Crippen LogP contribution < -0.4 is 4.74 Å². The van der Waals surface area contributed by atoms with E-state index in [-0.39, 0.29) is 24.3 Å². The molecule has 0 atom stereocenters. The molecule has 2 aromatic rings. The van der Waals surface area contributed by atoms with Crippen LogP contribution in [0.3, 0.4) is 0 Å². The molecule has 0 saturated carbocycles. The van der Waals surface area contributed by atoms with Crippen LogP contribution in [0.2, 0.25) is 5.02 Å². The Hall–Kier alpha value is -3.46. The number of nitro benzene ring substituents is 1. The number of esters is 1. The molecule has 0 aromatic heterocycles. The van der Waals surface area contributed by atoms with Crippen molar-refractivity contribution < 1.29 is 28.8 Å². The third-order valence-corrected chi connectivity index (χ3v) is 4.11. The molecule has 0 spiro atoms. The molecule has 0 unspecified atom stereocenters. The summed E-state index contributed by atoms with van der Waals surface area (Å²) in [6.45, 7) is -0.727. The average molecular weight is 405 g/mol. The summed E-state index contributed by atoms with van der Waals surface area (Å²) < 4.78 is 10.3. The van der Waals surface area contributed by atoms with Gasteiger partial charge >= 0.3 is 5.97 Å². The van der Waals surface area contributed by atoms with Crippen LogP contribution in [0, 0.1) is 10.1 Å². The Morgan fingerprint density at radius 2 is 1.86 bits per heavy atom. The van der Waals surface area contributed by atoms with Crippen molar-refractivity contribution in [2.24, 2.45) is 0 Å². The summed E-state index contributed by atoms with van der Waals surface area (Å²) >= 11 is 5.82. The fourth-order valence-corrected chi connectivity index (χ4v) is 2.84. The minimum atomic E-state index is -0.903. The van der Waals surface area contributed by atoms with Gasteiger partial charge in [-0.05, 0) is 24.3 Å². The zero-order valence-corrected chi connectivity index (χ0v) is 15.0. The van der Waals surface area contributed by atoms with Crippen LogP contribution in [0.15, 0.2) is 42.5 Å². The number of carbonyl (C=O) groups excluding carboxylic acids is 3. The number of nitro groups is 1. The van der Waals surface area contributed by atoms with E-state index in [1.165, 1.54) is 12.1 Å². The minimum absolute atomic E-state index is 0.0413. The molecule has 0 aliphatic carbocycles. The van der Waals surface area contributed by atoms with Gasteiger partial charge < -0.3 is 9.47 Å². The lowest BCUT2D eigenvalue weighted by Crippen LogP contribution is -2.36. The lowest BCUT2D eigenvalue weighted by Gasteiger charge is -2.13. The van der Waals surface area contributed by atoms with E-state index in [2.05, 4.69) is 0 Å². The number of ether oxygens (including phenoxy) is 2. The number of hydrogen-bond donors (Lipinski definition) is 0. The second kappa shape index (κ2) is 8.05. The molecule has 3 rings (SSSR count). The number of fused-ring (bicyclic) bond motifs is 1. The first-order chi connectivity index (χ1) is 13.4. The molecule has 2 amide bonds. The maximum atomic E-state index is 12.4. The van der Waals surface area contributed by atoms with Gasteiger partial charge in [0, 0.05) is 11.1 Å². The van der Waals surface area contributed by atoms with E-state index in [1.54, 1.807) is 24.3 Å². The molecule has 0 bridgehead atoms. The van der Waals surface area contributed by atoms with Gasteiger partial charge in [-0.25, -0.2) is 0 Å². The molecule has 0 radical (unpaired) electrons. The molecule has 1 aliphatic rings. The van der Waals surface area contributed by atoms with E-state index < -0.39 is 34.9 Å². The van der Waals surface area contributed by atoms with Gasteiger partial charge in [0.25, 0.3) is 17.5 Å². The fourth-order valence-electron chi connectivity index (χ4n) is 2.66. The first-order valence-corrected chi connectivity index (χ1v) is 8.44.